The second-order valence-electron chi connectivity index (χ2n) is 12.6. The Bertz CT molecular complexity index is 2040. The zero-order valence-corrected chi connectivity index (χ0v) is 25.0. The molecule has 222 valence electrons. The molecule has 0 radical (unpaired) electrons. The first-order chi connectivity index (χ1) is 21.0. The molecule has 1 fully saturated rings. The number of primary amides is 1. The Kier molecular flexibility index (Phi) is 6.28. The Labute approximate surface area is 253 Å². The Balaban J connectivity index is 1.37. The number of imidazole rings is 1. The first-order valence-electron chi connectivity index (χ1n) is 14.6. The number of aryl methyl sites for hydroxylation is 1. The molecule has 2 aromatic carbocycles. The molecule has 2 atom stereocenters. The molecule has 1 amide bonds. The van der Waals surface area contributed by atoms with E-state index in [1.807, 2.05) is 64.8 Å². The molecule has 0 spiro atoms. The molecule has 7 rings (SSSR count). The van der Waals surface area contributed by atoms with Gasteiger partial charge in [0.2, 0.25) is 0 Å². The number of carbonyl (C=O) groups is 1. The van der Waals surface area contributed by atoms with Gasteiger partial charge in [0.25, 0.3) is 0 Å². The van der Waals surface area contributed by atoms with E-state index in [2.05, 4.69) is 36.0 Å². The summed E-state index contributed by atoms with van der Waals surface area (Å²) in [6.45, 7) is 6.47. The lowest BCUT2D eigenvalue weighted by atomic mass is 9.56. The molecule has 10 heteroatoms. The molecule has 2 N–H and O–H groups in total. The smallest absolute Gasteiger partial charge is 0.405 e. The third-order valence-corrected chi connectivity index (χ3v) is 8.80. The maximum Gasteiger partial charge on any atom is 0.405 e. The highest BCUT2D eigenvalue weighted by Crippen LogP contribution is 2.57. The minimum absolute atomic E-state index is 0.0779. The van der Waals surface area contributed by atoms with Gasteiger partial charge in [-0.2, -0.15) is 0 Å². The molecule has 4 aromatic heterocycles. The van der Waals surface area contributed by atoms with Crippen molar-refractivity contribution in [1.82, 2.24) is 29.1 Å². The zero-order chi connectivity index (χ0) is 30.8. The number of amides is 1. The van der Waals surface area contributed by atoms with Gasteiger partial charge in [-0.25, -0.2) is 19.2 Å². The van der Waals surface area contributed by atoms with E-state index < -0.39 is 11.7 Å². The summed E-state index contributed by atoms with van der Waals surface area (Å²) < 4.78 is 23.6. The molecule has 1 saturated carbocycles. The fourth-order valence-electron chi connectivity index (χ4n) is 6.67. The number of aromatic nitrogens is 6. The van der Waals surface area contributed by atoms with Gasteiger partial charge in [-0.3, -0.25) is 4.40 Å². The van der Waals surface area contributed by atoms with Crippen LogP contribution >= 0.6 is 0 Å². The number of nitrogens with two attached hydrogens (primary N) is 1. The van der Waals surface area contributed by atoms with Crippen LogP contribution in [-0.4, -0.2) is 35.2 Å². The molecule has 6 aromatic rings. The van der Waals surface area contributed by atoms with Crippen molar-refractivity contribution in [3.05, 3.63) is 90.8 Å². The number of nitrogens with zero attached hydrogens (tertiary/aromatic N) is 6. The second-order valence-corrected chi connectivity index (χ2v) is 12.6. The van der Waals surface area contributed by atoms with Crippen LogP contribution in [0.15, 0.2) is 79.4 Å². The van der Waals surface area contributed by atoms with Crippen molar-refractivity contribution in [1.29, 1.82) is 0 Å². The molecule has 0 aliphatic heterocycles. The third kappa shape index (κ3) is 4.49. The normalized spacial score (nSPS) is 18.4. The van der Waals surface area contributed by atoms with Gasteiger partial charge >= 0.3 is 6.09 Å². The molecule has 4 heterocycles. The van der Waals surface area contributed by atoms with Crippen LogP contribution in [0.4, 0.5) is 9.18 Å². The van der Waals surface area contributed by atoms with Crippen LogP contribution in [-0.2, 0) is 17.4 Å². The average Bonchev–Trinajstić information content (AvgIpc) is 3.60. The number of ether oxygens (including phenoxy) is 1. The summed E-state index contributed by atoms with van der Waals surface area (Å²) in [5, 5.41) is 9.73. The molecule has 44 heavy (non-hydrogen) atoms. The lowest BCUT2D eigenvalue weighted by Crippen LogP contribution is -2.53. The number of hydrogen-bond donors (Lipinski definition) is 1. The molecule has 9 nitrogen and oxygen atoms in total. The first kappa shape index (κ1) is 27.7. The van der Waals surface area contributed by atoms with E-state index in [4.69, 9.17) is 15.5 Å². The summed E-state index contributed by atoms with van der Waals surface area (Å²) in [5.41, 5.74) is 10.9. The predicted octanol–water partition coefficient (Wildman–Crippen LogP) is 6.90. The SMILES string of the molecule is Cn1cnc(-c2nnc3c4cc(-c5ccc(F)cc5)c(-c5ccc(C6(OC(N)=O)CCC6C(C)(C)C)cc5)nc4ccn23)c1. The Morgan fingerprint density at radius 2 is 1.77 bits per heavy atom. The van der Waals surface area contributed by atoms with Crippen LogP contribution in [0, 0.1) is 17.2 Å². The van der Waals surface area contributed by atoms with Crippen molar-refractivity contribution < 1.29 is 13.9 Å². The van der Waals surface area contributed by atoms with Gasteiger partial charge in [0.1, 0.15) is 17.1 Å². The van der Waals surface area contributed by atoms with E-state index >= 15 is 0 Å². The van der Waals surface area contributed by atoms with E-state index in [0.717, 1.165) is 45.3 Å². The van der Waals surface area contributed by atoms with E-state index in [9.17, 15) is 9.18 Å². The van der Waals surface area contributed by atoms with Gasteiger partial charge in [-0.05, 0) is 53.6 Å². The van der Waals surface area contributed by atoms with Crippen LogP contribution in [0.1, 0.15) is 39.2 Å². The topological polar surface area (TPSA) is 113 Å². The largest absolute Gasteiger partial charge is 0.438 e. The van der Waals surface area contributed by atoms with Crippen molar-refractivity contribution in [2.45, 2.75) is 39.2 Å². The number of fused-ring (bicyclic) bond motifs is 3. The van der Waals surface area contributed by atoms with Gasteiger partial charge in [0, 0.05) is 41.9 Å². The fraction of sp³-hybridized carbons (Fsp3) is 0.265. The highest BCUT2D eigenvalue weighted by atomic mass is 19.1. The highest BCUT2D eigenvalue weighted by Gasteiger charge is 2.55. The summed E-state index contributed by atoms with van der Waals surface area (Å²) in [4.78, 5) is 21.6. The lowest BCUT2D eigenvalue weighted by molar-refractivity contribution is -0.144. The number of hydrogen-bond acceptors (Lipinski definition) is 6. The Morgan fingerprint density at radius 1 is 1.05 bits per heavy atom. The van der Waals surface area contributed by atoms with Gasteiger partial charge in [0.05, 0.1) is 17.5 Å². The zero-order valence-electron chi connectivity index (χ0n) is 25.0. The molecular weight excluding hydrogens is 557 g/mol. The van der Waals surface area contributed by atoms with Gasteiger partial charge < -0.3 is 15.0 Å². The number of carbonyl (C=O) groups excluding carboxylic acids is 1. The van der Waals surface area contributed by atoms with Crippen molar-refractivity contribution in [3.63, 3.8) is 0 Å². The predicted molar refractivity (Wildman–Crippen MR) is 166 cm³/mol. The van der Waals surface area contributed by atoms with Crippen LogP contribution in [0.25, 0.3) is 50.5 Å². The van der Waals surface area contributed by atoms with Crippen molar-refractivity contribution in [2.75, 3.05) is 0 Å². The minimum Gasteiger partial charge on any atom is -0.438 e. The fourth-order valence-corrected chi connectivity index (χ4v) is 6.67. The molecule has 0 bridgehead atoms. The number of halogens is 1. The van der Waals surface area contributed by atoms with Crippen LogP contribution < -0.4 is 5.73 Å². The lowest BCUT2D eigenvalue weighted by Gasteiger charge is -2.54. The van der Waals surface area contributed by atoms with Crippen LogP contribution in [0.5, 0.6) is 0 Å². The van der Waals surface area contributed by atoms with Crippen molar-refractivity contribution in [2.24, 2.45) is 24.1 Å². The summed E-state index contributed by atoms with van der Waals surface area (Å²) in [6, 6.07) is 18.3. The maximum absolute atomic E-state index is 14.0. The van der Waals surface area contributed by atoms with Crippen molar-refractivity contribution in [3.8, 4) is 33.9 Å². The summed E-state index contributed by atoms with van der Waals surface area (Å²) in [6.07, 6.45) is 6.39. The minimum atomic E-state index is -0.774. The van der Waals surface area contributed by atoms with E-state index in [-0.39, 0.29) is 17.2 Å². The van der Waals surface area contributed by atoms with Crippen molar-refractivity contribution >= 4 is 22.6 Å². The van der Waals surface area contributed by atoms with Gasteiger partial charge in [-0.15, -0.1) is 10.2 Å². The second kappa shape index (κ2) is 9.97. The maximum atomic E-state index is 14.0. The van der Waals surface area contributed by atoms with Gasteiger partial charge in [0.15, 0.2) is 11.5 Å². The molecule has 1 aliphatic carbocycles. The third-order valence-electron chi connectivity index (χ3n) is 8.80. The Hall–Kier alpha value is -5.12. The summed E-state index contributed by atoms with van der Waals surface area (Å²) >= 11 is 0. The van der Waals surface area contributed by atoms with Crippen LogP contribution in [0.2, 0.25) is 0 Å². The molecule has 1 aliphatic rings. The van der Waals surface area contributed by atoms with Gasteiger partial charge in [-0.1, -0.05) is 57.2 Å². The standard InChI is InChI=1S/C34H32FN7O2/c1-33(2,3)28-13-15-34(28,44-32(36)43)22-9-5-21(6-10-22)29-24(20-7-11-23(35)12-8-20)17-25-26(38-29)14-16-42-30(25)39-40-31(42)27-18-41(4)19-37-27/h5-12,14,16-19,28H,13,15H2,1-4H3,(H2,36,43). The summed E-state index contributed by atoms with van der Waals surface area (Å²) in [5.74, 6) is 0.438. The highest BCUT2D eigenvalue weighted by molar-refractivity contribution is 5.98. The van der Waals surface area contributed by atoms with E-state index in [1.165, 1.54) is 12.1 Å². The molecule has 2 unspecified atom stereocenters. The monoisotopic (exact) mass is 589 g/mol. The number of pyridine rings is 2. The van der Waals surface area contributed by atoms with E-state index in [1.54, 1.807) is 18.5 Å². The summed E-state index contributed by atoms with van der Waals surface area (Å²) in [7, 11) is 1.90. The first-order valence-corrected chi connectivity index (χ1v) is 14.6. The quantitative estimate of drug-likeness (QED) is 0.234. The number of benzene rings is 2. The van der Waals surface area contributed by atoms with Crippen LogP contribution in [0.3, 0.4) is 0 Å². The van der Waals surface area contributed by atoms with E-state index in [0.29, 0.717) is 23.6 Å². The number of rotatable bonds is 5. The molecular formula is C34H32FN7O2. The molecule has 0 saturated heterocycles. The Morgan fingerprint density at radius 3 is 2.39 bits per heavy atom. The average molecular weight is 590 g/mol.